The number of para-hydroxylation sites is 1. The molecule has 2 aromatic carbocycles. The minimum absolute atomic E-state index is 0.163. The quantitative estimate of drug-likeness (QED) is 0.167. The molecule has 2 atom stereocenters. The highest BCUT2D eigenvalue weighted by Crippen LogP contribution is 2.33. The highest BCUT2D eigenvalue weighted by atomic mass is 16.6. The second-order valence-electron chi connectivity index (χ2n) is 9.76. The fraction of sp³-hybridized carbons (Fsp3) is 0.333. The Balaban J connectivity index is 1.47. The van der Waals surface area contributed by atoms with Gasteiger partial charge in [-0.15, -0.1) is 0 Å². The van der Waals surface area contributed by atoms with Gasteiger partial charge in [-0.3, -0.25) is 19.9 Å². The summed E-state index contributed by atoms with van der Waals surface area (Å²) in [5.41, 5.74) is 2.15. The minimum atomic E-state index is -0.280. The van der Waals surface area contributed by atoms with Crippen molar-refractivity contribution < 1.29 is 13.8 Å². The predicted octanol–water partition coefficient (Wildman–Crippen LogP) is 6.80. The molecule has 37 heavy (non-hydrogen) atoms. The van der Waals surface area contributed by atoms with E-state index in [9.17, 15) is 10.1 Å². The van der Waals surface area contributed by atoms with Gasteiger partial charge < -0.3 is 8.83 Å². The van der Waals surface area contributed by atoms with Gasteiger partial charge in [-0.1, -0.05) is 61.4 Å². The number of rotatable bonds is 11. The molecule has 0 spiro atoms. The lowest BCUT2D eigenvalue weighted by Gasteiger charge is -2.45. The van der Waals surface area contributed by atoms with Crippen LogP contribution in [-0.2, 0) is 26.2 Å². The van der Waals surface area contributed by atoms with Gasteiger partial charge in [0.05, 0.1) is 30.5 Å². The number of furan rings is 2. The van der Waals surface area contributed by atoms with Crippen LogP contribution in [0.25, 0.3) is 0 Å². The highest BCUT2D eigenvalue weighted by molar-refractivity contribution is 5.39. The molecule has 0 unspecified atom stereocenters. The van der Waals surface area contributed by atoms with Gasteiger partial charge in [0.2, 0.25) is 0 Å². The molecule has 0 N–H and O–H groups in total. The van der Waals surface area contributed by atoms with Crippen molar-refractivity contribution in [1.29, 1.82) is 0 Å². The number of nitro groups is 1. The van der Waals surface area contributed by atoms with Gasteiger partial charge in [0, 0.05) is 36.8 Å². The molecular formula is C30H33N3O4. The van der Waals surface area contributed by atoms with Crippen molar-refractivity contribution in [3.05, 3.63) is 124 Å². The summed E-state index contributed by atoms with van der Waals surface area (Å²) in [4.78, 5) is 16.4. The molecule has 192 valence electrons. The topological polar surface area (TPSA) is 75.9 Å². The second kappa shape index (κ2) is 12.0. The van der Waals surface area contributed by atoms with Crippen LogP contribution in [0.15, 0.2) is 100 Å². The fourth-order valence-corrected chi connectivity index (χ4v) is 5.59. The Hall–Kier alpha value is -3.68. The molecule has 0 saturated heterocycles. The lowest BCUT2D eigenvalue weighted by Crippen LogP contribution is -2.52. The first kappa shape index (κ1) is 25.0. The molecule has 1 saturated carbocycles. The first-order valence-corrected chi connectivity index (χ1v) is 13.0. The number of nitro benzene ring substituents is 1. The molecule has 1 fully saturated rings. The molecule has 1 aliphatic rings. The Morgan fingerprint density at radius 1 is 0.703 bits per heavy atom. The molecule has 0 bridgehead atoms. The monoisotopic (exact) mass is 499 g/mol. The van der Waals surface area contributed by atoms with Crippen molar-refractivity contribution >= 4 is 5.69 Å². The first-order valence-electron chi connectivity index (χ1n) is 13.0. The van der Waals surface area contributed by atoms with Crippen molar-refractivity contribution in [1.82, 2.24) is 9.80 Å². The van der Waals surface area contributed by atoms with E-state index in [1.165, 1.54) is 5.56 Å². The van der Waals surface area contributed by atoms with Crippen LogP contribution in [0.2, 0.25) is 0 Å². The molecule has 1 aliphatic carbocycles. The van der Waals surface area contributed by atoms with Crippen molar-refractivity contribution in [3.8, 4) is 0 Å². The molecule has 7 heteroatoms. The summed E-state index contributed by atoms with van der Waals surface area (Å²) < 4.78 is 11.5. The van der Waals surface area contributed by atoms with Gasteiger partial charge in [-0.05, 0) is 42.7 Å². The predicted molar refractivity (Wildman–Crippen MR) is 141 cm³/mol. The largest absolute Gasteiger partial charge is 0.468 e. The molecule has 0 amide bonds. The van der Waals surface area contributed by atoms with E-state index in [-0.39, 0.29) is 22.7 Å². The number of nitrogens with zero attached hydrogens (tertiary/aromatic N) is 3. The fourth-order valence-electron chi connectivity index (χ4n) is 5.59. The smallest absolute Gasteiger partial charge is 0.273 e. The summed E-state index contributed by atoms with van der Waals surface area (Å²) in [7, 11) is 0. The zero-order chi connectivity index (χ0) is 25.5. The summed E-state index contributed by atoms with van der Waals surface area (Å²) in [6.07, 6.45) is 7.79. The maximum Gasteiger partial charge on any atom is 0.273 e. The van der Waals surface area contributed by atoms with Crippen LogP contribution in [0, 0.1) is 10.1 Å². The summed E-state index contributed by atoms with van der Waals surface area (Å²) in [6, 6.07) is 25.9. The molecule has 7 nitrogen and oxygen atoms in total. The van der Waals surface area contributed by atoms with Gasteiger partial charge in [0.1, 0.15) is 11.5 Å². The molecule has 0 radical (unpaired) electrons. The van der Waals surface area contributed by atoms with E-state index in [2.05, 4.69) is 34.1 Å². The van der Waals surface area contributed by atoms with E-state index in [1.807, 2.05) is 42.5 Å². The van der Waals surface area contributed by atoms with Gasteiger partial charge in [0.25, 0.3) is 5.69 Å². The number of benzene rings is 2. The zero-order valence-electron chi connectivity index (χ0n) is 20.9. The number of hydrogen-bond acceptors (Lipinski definition) is 6. The second-order valence-corrected chi connectivity index (χ2v) is 9.76. The maximum absolute atomic E-state index is 11.8. The zero-order valence-corrected chi connectivity index (χ0v) is 20.9. The lowest BCUT2D eigenvalue weighted by molar-refractivity contribution is -0.385. The third-order valence-electron chi connectivity index (χ3n) is 7.30. The Bertz CT molecular complexity index is 1240. The van der Waals surface area contributed by atoms with E-state index < -0.39 is 0 Å². The van der Waals surface area contributed by atoms with E-state index >= 15 is 0 Å². The summed E-state index contributed by atoms with van der Waals surface area (Å²) in [6.45, 7) is 2.60. The van der Waals surface area contributed by atoms with Crippen LogP contribution in [0.3, 0.4) is 0 Å². The van der Waals surface area contributed by atoms with E-state index in [4.69, 9.17) is 8.83 Å². The van der Waals surface area contributed by atoms with Crippen molar-refractivity contribution in [2.24, 2.45) is 0 Å². The minimum Gasteiger partial charge on any atom is -0.468 e. The summed E-state index contributed by atoms with van der Waals surface area (Å²) in [5.74, 6) is 1.81. The Kier molecular flexibility index (Phi) is 8.13. The van der Waals surface area contributed by atoms with E-state index in [1.54, 1.807) is 24.7 Å². The van der Waals surface area contributed by atoms with Crippen molar-refractivity contribution in [3.63, 3.8) is 0 Å². The molecule has 2 aromatic heterocycles. The summed E-state index contributed by atoms with van der Waals surface area (Å²) in [5, 5.41) is 11.8. The van der Waals surface area contributed by atoms with Crippen LogP contribution in [0.1, 0.15) is 48.3 Å². The summed E-state index contributed by atoms with van der Waals surface area (Å²) >= 11 is 0. The molecule has 4 aromatic rings. The normalized spacial score (nSPS) is 17.9. The van der Waals surface area contributed by atoms with E-state index in [0.29, 0.717) is 19.6 Å². The van der Waals surface area contributed by atoms with Crippen LogP contribution >= 0.6 is 0 Å². The average Bonchev–Trinajstić information content (AvgIpc) is 3.63. The standard InChI is InChI=1S/C30H33N3O4/c34-33(35)28-15-5-4-12-25(28)21-32(23-27-14-9-19-37-27)30-17-7-6-16-29(30)31(22-26-13-8-18-36-26)20-24-10-2-1-3-11-24/h1-5,8-15,18-19,29-30H,6-7,16-17,20-23H2/t29-,30-/m1/s1. The third kappa shape index (κ3) is 6.37. The van der Waals surface area contributed by atoms with Gasteiger partial charge >= 0.3 is 0 Å². The highest BCUT2D eigenvalue weighted by Gasteiger charge is 2.35. The molecule has 2 heterocycles. The Morgan fingerprint density at radius 2 is 1.27 bits per heavy atom. The van der Waals surface area contributed by atoms with Crippen LogP contribution in [-0.4, -0.2) is 26.8 Å². The lowest BCUT2D eigenvalue weighted by atomic mass is 9.87. The van der Waals surface area contributed by atoms with Crippen molar-refractivity contribution in [2.45, 2.75) is 63.9 Å². The van der Waals surface area contributed by atoms with Crippen molar-refractivity contribution in [2.75, 3.05) is 0 Å². The third-order valence-corrected chi connectivity index (χ3v) is 7.30. The van der Waals surface area contributed by atoms with Gasteiger partial charge in [-0.2, -0.15) is 0 Å². The Labute approximate surface area is 217 Å². The van der Waals surface area contributed by atoms with Gasteiger partial charge in [0.15, 0.2) is 0 Å². The van der Waals surface area contributed by atoms with Gasteiger partial charge in [-0.25, -0.2) is 0 Å². The average molecular weight is 500 g/mol. The maximum atomic E-state index is 11.8. The Morgan fingerprint density at radius 3 is 1.84 bits per heavy atom. The molecule has 0 aliphatic heterocycles. The van der Waals surface area contributed by atoms with Crippen LogP contribution in [0.5, 0.6) is 0 Å². The molecular weight excluding hydrogens is 466 g/mol. The first-order chi connectivity index (χ1) is 18.2. The van der Waals surface area contributed by atoms with Crippen LogP contribution in [0.4, 0.5) is 5.69 Å². The SMILES string of the molecule is O=[N+]([O-])c1ccccc1CN(Cc1ccco1)[C@@H]1CCCC[C@H]1N(Cc1ccccc1)Cc1ccco1. The molecule has 5 rings (SSSR count). The van der Waals surface area contributed by atoms with E-state index in [0.717, 1.165) is 49.3 Å². The number of hydrogen-bond donors (Lipinski definition) is 0. The van der Waals surface area contributed by atoms with Crippen LogP contribution < -0.4 is 0 Å².